The Labute approximate surface area is 124 Å². The van der Waals surface area contributed by atoms with Gasteiger partial charge in [-0.2, -0.15) is 0 Å². The summed E-state index contributed by atoms with van der Waals surface area (Å²) >= 11 is 14.8. The molecule has 92 valence electrons. The lowest BCUT2D eigenvalue weighted by Crippen LogP contribution is -2.56. The van der Waals surface area contributed by atoms with Crippen LogP contribution in [0.2, 0.25) is 0 Å². The zero-order valence-electron chi connectivity index (χ0n) is 9.07. The Balaban J connectivity index is 2.35. The highest BCUT2D eigenvalue weighted by Crippen LogP contribution is 2.38. The van der Waals surface area contributed by atoms with Crippen LogP contribution >= 0.6 is 45.8 Å². The number of halogens is 3. The molecule has 2 nitrogen and oxygen atoms in total. The molecule has 0 N–H and O–H groups in total. The molecule has 1 aliphatic rings. The topological polar surface area (TPSA) is 20.3 Å². The van der Waals surface area contributed by atoms with E-state index in [9.17, 15) is 4.79 Å². The average Bonchev–Trinajstić information content (AvgIpc) is 2.34. The van der Waals surface area contributed by atoms with Crippen molar-refractivity contribution in [3.63, 3.8) is 0 Å². The second-order valence-corrected chi connectivity index (χ2v) is 6.46. The fraction of sp³-hybridized carbons (Fsp3) is 0.417. The number of nitrogens with zero attached hydrogens (tertiary/aromatic N) is 1. The molecular weight excluding hydrogens is 372 g/mol. The minimum Gasteiger partial charge on any atom is -0.346 e. The van der Waals surface area contributed by atoms with Gasteiger partial charge < -0.3 is 4.90 Å². The van der Waals surface area contributed by atoms with E-state index in [1.165, 1.54) is 0 Å². The van der Waals surface area contributed by atoms with E-state index in [0.717, 1.165) is 34.9 Å². The number of carbonyl (C=O) groups excluding carboxylic acids is 1. The van der Waals surface area contributed by atoms with Crippen molar-refractivity contribution < 1.29 is 4.79 Å². The normalized spacial score (nSPS) is 29.1. The second-order valence-electron chi connectivity index (χ2n) is 4.08. The Bertz CT molecular complexity index is 411. The second kappa shape index (κ2) is 5.33. The summed E-state index contributed by atoms with van der Waals surface area (Å²) in [5.74, 6) is 0. The molecule has 0 spiro atoms. The Morgan fingerprint density at radius 1 is 1.41 bits per heavy atom. The van der Waals surface area contributed by atoms with Gasteiger partial charge in [-0.15, -0.1) is 11.6 Å². The molecule has 1 aromatic carbocycles. The molecule has 1 saturated heterocycles. The molecular formula is C12H12Cl2INO. The van der Waals surface area contributed by atoms with Gasteiger partial charge in [-0.3, -0.25) is 4.79 Å². The molecule has 2 unspecified atom stereocenters. The molecule has 2 rings (SSSR count). The maximum atomic E-state index is 11.3. The molecule has 17 heavy (non-hydrogen) atoms. The first kappa shape index (κ1) is 13.4. The van der Waals surface area contributed by atoms with Crippen LogP contribution < -0.4 is 4.90 Å². The summed E-state index contributed by atoms with van der Waals surface area (Å²) < 4.78 is 1.15. The van der Waals surface area contributed by atoms with E-state index in [2.05, 4.69) is 22.6 Å². The van der Waals surface area contributed by atoms with Crippen LogP contribution in [-0.2, 0) is 4.79 Å². The van der Waals surface area contributed by atoms with Crippen molar-refractivity contribution in [3.8, 4) is 0 Å². The van der Waals surface area contributed by atoms with Crippen LogP contribution in [0, 0.1) is 3.57 Å². The number of aldehydes is 1. The number of carbonyl (C=O) groups is 1. The summed E-state index contributed by atoms with van der Waals surface area (Å²) in [6.45, 7) is 0.756. The van der Waals surface area contributed by atoms with Gasteiger partial charge >= 0.3 is 0 Å². The van der Waals surface area contributed by atoms with Gasteiger partial charge in [-0.1, -0.05) is 11.6 Å². The number of alkyl halides is 2. The van der Waals surface area contributed by atoms with Crippen molar-refractivity contribution >= 4 is 57.8 Å². The lowest BCUT2D eigenvalue weighted by Gasteiger charge is -2.43. The van der Waals surface area contributed by atoms with E-state index in [1.54, 1.807) is 0 Å². The van der Waals surface area contributed by atoms with Crippen LogP contribution in [0.4, 0.5) is 5.69 Å². The smallest absolute Gasteiger partial charge is 0.187 e. The maximum absolute atomic E-state index is 11.3. The zero-order chi connectivity index (χ0) is 12.5. The predicted octanol–water partition coefficient (Wildman–Crippen LogP) is 3.63. The molecule has 2 atom stereocenters. The van der Waals surface area contributed by atoms with E-state index in [0.29, 0.717) is 0 Å². The van der Waals surface area contributed by atoms with E-state index in [4.69, 9.17) is 23.2 Å². The fourth-order valence-corrected chi connectivity index (χ4v) is 3.03. The van der Waals surface area contributed by atoms with Gasteiger partial charge in [-0.25, -0.2) is 0 Å². The number of hydrogen-bond acceptors (Lipinski definition) is 2. The minimum absolute atomic E-state index is 0.352. The number of benzene rings is 1. The van der Waals surface area contributed by atoms with E-state index >= 15 is 0 Å². The highest BCUT2D eigenvalue weighted by molar-refractivity contribution is 14.1. The van der Waals surface area contributed by atoms with Gasteiger partial charge in [-0.05, 0) is 59.7 Å². The molecule has 1 aromatic rings. The van der Waals surface area contributed by atoms with E-state index in [-0.39, 0.29) is 5.38 Å². The van der Waals surface area contributed by atoms with Crippen molar-refractivity contribution in [2.45, 2.75) is 23.2 Å². The first-order valence-corrected chi connectivity index (χ1v) is 7.30. The van der Waals surface area contributed by atoms with Gasteiger partial charge in [0.15, 0.2) is 11.3 Å². The molecule has 0 radical (unpaired) electrons. The van der Waals surface area contributed by atoms with Crippen LogP contribution in [0.15, 0.2) is 24.3 Å². The SMILES string of the molecule is O=CC1(Cl)C(Cl)CCCN1c1ccc(I)cc1. The monoisotopic (exact) mass is 383 g/mol. The summed E-state index contributed by atoms with van der Waals surface area (Å²) in [4.78, 5) is 12.1. The fourth-order valence-electron chi connectivity index (χ4n) is 2.06. The van der Waals surface area contributed by atoms with Gasteiger partial charge in [0.1, 0.15) is 0 Å². The first-order valence-electron chi connectivity index (χ1n) is 5.40. The summed E-state index contributed by atoms with van der Waals surface area (Å²) in [6.07, 6.45) is 2.47. The minimum atomic E-state index is -1.12. The molecule has 0 saturated carbocycles. The highest BCUT2D eigenvalue weighted by atomic mass is 127. The van der Waals surface area contributed by atoms with Crippen LogP contribution in [0.25, 0.3) is 0 Å². The number of anilines is 1. The largest absolute Gasteiger partial charge is 0.346 e. The Morgan fingerprint density at radius 3 is 2.65 bits per heavy atom. The van der Waals surface area contributed by atoms with Crippen LogP contribution in [-0.4, -0.2) is 23.2 Å². The molecule has 0 amide bonds. The van der Waals surface area contributed by atoms with Crippen molar-refractivity contribution in [2.75, 3.05) is 11.4 Å². The van der Waals surface area contributed by atoms with Gasteiger partial charge in [0.2, 0.25) is 0 Å². The highest BCUT2D eigenvalue weighted by Gasteiger charge is 2.44. The third-order valence-electron chi connectivity index (χ3n) is 3.00. The Kier molecular flexibility index (Phi) is 4.21. The Morgan fingerprint density at radius 2 is 2.06 bits per heavy atom. The van der Waals surface area contributed by atoms with Crippen molar-refractivity contribution in [3.05, 3.63) is 27.8 Å². The van der Waals surface area contributed by atoms with Gasteiger partial charge in [0.05, 0.1) is 5.38 Å². The van der Waals surface area contributed by atoms with Crippen LogP contribution in [0.5, 0.6) is 0 Å². The van der Waals surface area contributed by atoms with Crippen LogP contribution in [0.1, 0.15) is 12.8 Å². The molecule has 0 aromatic heterocycles. The van der Waals surface area contributed by atoms with Crippen LogP contribution in [0.3, 0.4) is 0 Å². The molecule has 1 fully saturated rings. The molecule has 0 bridgehead atoms. The van der Waals surface area contributed by atoms with E-state index in [1.807, 2.05) is 29.2 Å². The third kappa shape index (κ3) is 2.56. The molecule has 1 heterocycles. The van der Waals surface area contributed by atoms with Gasteiger partial charge in [0.25, 0.3) is 0 Å². The summed E-state index contributed by atoms with van der Waals surface area (Å²) in [5, 5.41) is -0.352. The maximum Gasteiger partial charge on any atom is 0.187 e. The van der Waals surface area contributed by atoms with Gasteiger partial charge in [0, 0.05) is 15.8 Å². The summed E-state index contributed by atoms with van der Waals surface area (Å²) in [7, 11) is 0. The zero-order valence-corrected chi connectivity index (χ0v) is 12.7. The lowest BCUT2D eigenvalue weighted by molar-refractivity contribution is -0.110. The first-order chi connectivity index (χ1) is 8.08. The lowest BCUT2D eigenvalue weighted by atomic mass is 10.0. The molecule has 1 aliphatic heterocycles. The third-order valence-corrected chi connectivity index (χ3v) is 4.93. The molecule has 0 aliphatic carbocycles. The van der Waals surface area contributed by atoms with E-state index < -0.39 is 5.00 Å². The summed E-state index contributed by atoms with van der Waals surface area (Å²) in [5.41, 5.74) is 0.942. The quantitative estimate of drug-likeness (QED) is 0.336. The summed E-state index contributed by atoms with van der Waals surface area (Å²) in [6, 6.07) is 7.93. The van der Waals surface area contributed by atoms with Crippen molar-refractivity contribution in [1.82, 2.24) is 0 Å². The number of rotatable bonds is 2. The predicted molar refractivity (Wildman–Crippen MR) is 80.0 cm³/mol. The standard InChI is InChI=1S/C12H12Cl2INO/c13-11-2-1-7-16(12(11,14)8-17)10-5-3-9(15)4-6-10/h3-6,8,11H,1-2,7H2. The van der Waals surface area contributed by atoms with Crippen molar-refractivity contribution in [1.29, 1.82) is 0 Å². The number of hydrogen-bond donors (Lipinski definition) is 0. The molecule has 5 heteroatoms. The van der Waals surface area contributed by atoms with Crippen molar-refractivity contribution in [2.24, 2.45) is 0 Å². The average molecular weight is 384 g/mol. The number of piperidine rings is 1. The Hall–Kier alpha value is -0.000000000000000111.